The molecule has 2 heterocycles. The number of alkyl carbamates (subject to hydrolysis) is 2. The van der Waals surface area contributed by atoms with E-state index in [4.69, 9.17) is 33.2 Å². The summed E-state index contributed by atoms with van der Waals surface area (Å²) in [5.41, 5.74) is 0.243. The van der Waals surface area contributed by atoms with Crippen molar-refractivity contribution in [2.45, 2.75) is 140 Å². The summed E-state index contributed by atoms with van der Waals surface area (Å²) in [7, 11) is -8.05. The lowest BCUT2D eigenvalue weighted by Gasteiger charge is -2.39. The molecule has 81 heavy (non-hydrogen) atoms. The lowest BCUT2D eigenvalue weighted by molar-refractivity contribution is 0.0467. The molecular weight excluding hydrogens is 1100 g/mol. The fraction of sp³-hybridized carbons (Fsp3) is 0.518. The van der Waals surface area contributed by atoms with Gasteiger partial charge in [0.05, 0.1) is 45.6 Å². The zero-order valence-corrected chi connectivity index (χ0v) is 51.7. The summed E-state index contributed by atoms with van der Waals surface area (Å²) in [6.45, 7) is 19.7. The molecule has 1 aliphatic heterocycles. The molecule has 444 valence electrons. The SMILES string of the molecule is COc1ccc(CN(Cc2ccc(OC)cc2)S(=O)(=O)c2c(S(=O)(=O)NC[C@@H](CNC(=O)OC(C)(C)C)O[Si](C)(C)C(C)(C)C)ccc(N3CC[C@H](CNC(=O)OC(C)(C)C)[C@H](O)C3)c2-c2nnn(Cc3ccc(OC)cc3)n2)cc1. The molecule has 0 saturated carbocycles. The molecule has 0 spiro atoms. The second-order valence-corrected chi connectivity index (χ2v) is 31.8. The van der Waals surface area contributed by atoms with Crippen LogP contribution in [-0.4, -0.2) is 144 Å². The van der Waals surface area contributed by atoms with Gasteiger partial charge in [-0.3, -0.25) is 0 Å². The largest absolute Gasteiger partial charge is 0.497 e. The standard InChI is InChI=1S/C56H81N9O13S2Si/c1-54(2,3)76-52(67)57-31-41-29-30-63(37-47(41)66)46-27-28-48(79(69,70)59-33-45(78-81(13,14)56(7,8)9)32-58-53(68)77-55(4,5)6)50(49(46)51-60-62-65(61-51)36-40-19-25-44(75-12)26-20-40)80(71,72)64(34-38-15-21-42(73-10)22-16-38)35-39-17-23-43(74-11)24-18-39/h15-28,41,45,47,59,66H,29-37H2,1-14H3,(H,57,67)(H,58,68)/t41-,45-,47-/m1/s1. The number of nitrogens with one attached hydrogen (secondary N) is 3. The Morgan fingerprint density at radius 2 is 1.23 bits per heavy atom. The van der Waals surface area contributed by atoms with Crippen LogP contribution in [0.15, 0.2) is 94.7 Å². The van der Waals surface area contributed by atoms with Gasteiger partial charge >= 0.3 is 12.2 Å². The molecule has 6 rings (SSSR count). The number of amides is 2. The number of aliphatic hydroxyl groups is 1. The Morgan fingerprint density at radius 3 is 1.72 bits per heavy atom. The summed E-state index contributed by atoms with van der Waals surface area (Å²) in [4.78, 5) is 27.5. The summed E-state index contributed by atoms with van der Waals surface area (Å²) in [6.07, 6.45) is -3.10. The summed E-state index contributed by atoms with van der Waals surface area (Å²) in [6, 6.07) is 23.5. The van der Waals surface area contributed by atoms with Crippen molar-refractivity contribution in [1.29, 1.82) is 0 Å². The van der Waals surface area contributed by atoms with E-state index in [2.05, 4.69) is 25.7 Å². The van der Waals surface area contributed by atoms with Crippen molar-refractivity contribution < 1.29 is 59.6 Å². The maximum Gasteiger partial charge on any atom is 0.407 e. The maximum absolute atomic E-state index is 16.4. The van der Waals surface area contributed by atoms with Crippen LogP contribution >= 0.6 is 0 Å². The molecule has 3 atom stereocenters. The van der Waals surface area contributed by atoms with Gasteiger partial charge in [-0.2, -0.15) is 9.10 Å². The lowest BCUT2D eigenvalue weighted by Crippen LogP contribution is -2.51. The van der Waals surface area contributed by atoms with Crippen molar-refractivity contribution in [3.05, 3.63) is 102 Å². The van der Waals surface area contributed by atoms with E-state index in [9.17, 15) is 14.7 Å². The van der Waals surface area contributed by atoms with Crippen molar-refractivity contribution in [3.63, 3.8) is 0 Å². The Morgan fingerprint density at radius 1 is 0.728 bits per heavy atom. The number of tetrazole rings is 1. The number of β-amino-alcohol motifs (C(OH)–C–C–N with tert-alkyl or cyclic N) is 1. The number of hydrogen-bond acceptors (Lipinski definition) is 17. The highest BCUT2D eigenvalue weighted by Gasteiger charge is 2.42. The first-order valence-electron chi connectivity index (χ1n) is 26.7. The summed E-state index contributed by atoms with van der Waals surface area (Å²) in [5.74, 6) is 1.01. The maximum atomic E-state index is 16.4. The fourth-order valence-electron chi connectivity index (χ4n) is 8.54. The quantitative estimate of drug-likeness (QED) is 0.0456. The minimum atomic E-state index is -5.05. The van der Waals surface area contributed by atoms with Crippen molar-refractivity contribution in [2.75, 3.05) is 59.0 Å². The molecule has 0 bridgehead atoms. The Hall–Kier alpha value is -6.35. The van der Waals surface area contributed by atoms with Gasteiger partial charge in [-0.15, -0.1) is 10.2 Å². The minimum Gasteiger partial charge on any atom is -0.497 e. The van der Waals surface area contributed by atoms with Gasteiger partial charge in [-0.1, -0.05) is 57.2 Å². The van der Waals surface area contributed by atoms with Crippen LogP contribution in [0.5, 0.6) is 17.2 Å². The van der Waals surface area contributed by atoms with Crippen LogP contribution in [-0.2, 0) is 53.6 Å². The van der Waals surface area contributed by atoms with E-state index in [1.165, 1.54) is 35.5 Å². The first-order chi connectivity index (χ1) is 37.8. The van der Waals surface area contributed by atoms with E-state index in [0.717, 1.165) is 5.56 Å². The highest BCUT2D eigenvalue weighted by atomic mass is 32.2. The number of piperidine rings is 1. The van der Waals surface area contributed by atoms with Gasteiger partial charge in [0, 0.05) is 57.4 Å². The molecule has 1 aromatic heterocycles. The molecule has 2 amide bonds. The topological polar surface area (TPSA) is 264 Å². The van der Waals surface area contributed by atoms with Crippen molar-refractivity contribution in [3.8, 4) is 28.6 Å². The Balaban J connectivity index is 1.57. The van der Waals surface area contributed by atoms with Crippen LogP contribution < -0.4 is 34.5 Å². The van der Waals surface area contributed by atoms with Crippen LogP contribution in [0.3, 0.4) is 0 Å². The molecular formula is C56H81N9O13S2Si. The van der Waals surface area contributed by atoms with Gasteiger partial charge < -0.3 is 48.8 Å². The Labute approximate surface area is 478 Å². The molecule has 4 aromatic carbocycles. The number of carbonyl (C=O) groups excluding carboxylic acids is 2. The number of aromatic nitrogens is 4. The minimum absolute atomic E-state index is 0.0734. The van der Waals surface area contributed by atoms with Crippen molar-refractivity contribution in [1.82, 2.24) is 39.9 Å². The number of aliphatic hydroxyl groups excluding tert-OH is 1. The Bertz CT molecular complexity index is 3090. The third-order valence-corrected chi connectivity index (χ3v) is 21.8. The molecule has 5 aromatic rings. The van der Waals surface area contributed by atoms with Gasteiger partial charge in [-0.05, 0) is 137 Å². The molecule has 0 aliphatic carbocycles. The number of methoxy groups -OCH3 is 3. The summed E-state index contributed by atoms with van der Waals surface area (Å²) < 4.78 is 102. The number of ether oxygens (including phenoxy) is 5. The normalized spacial score (nSPS) is 15.9. The number of hydrogen-bond donors (Lipinski definition) is 4. The van der Waals surface area contributed by atoms with Crippen LogP contribution in [0.4, 0.5) is 15.3 Å². The zero-order valence-electron chi connectivity index (χ0n) is 49.0. The number of carbonyl (C=O) groups is 2. The smallest absolute Gasteiger partial charge is 0.407 e. The molecule has 22 nitrogen and oxygen atoms in total. The third-order valence-electron chi connectivity index (χ3n) is 13.8. The highest BCUT2D eigenvalue weighted by Crippen LogP contribution is 2.43. The van der Waals surface area contributed by atoms with Crippen LogP contribution in [0, 0.1) is 5.92 Å². The van der Waals surface area contributed by atoms with Crippen LogP contribution in [0.2, 0.25) is 18.1 Å². The molecule has 0 radical (unpaired) electrons. The molecule has 1 saturated heterocycles. The first kappa shape index (κ1) is 63.8. The van der Waals surface area contributed by atoms with Crippen molar-refractivity contribution in [2.24, 2.45) is 5.92 Å². The zero-order chi connectivity index (χ0) is 59.7. The Kier molecular flexibility index (Phi) is 20.7. The molecule has 0 unspecified atom stereocenters. The molecule has 1 fully saturated rings. The van der Waals surface area contributed by atoms with Gasteiger partial charge in [-0.25, -0.2) is 31.1 Å². The summed E-state index contributed by atoms with van der Waals surface area (Å²) >= 11 is 0. The summed E-state index contributed by atoms with van der Waals surface area (Å²) in [5, 5.41) is 30.6. The first-order valence-corrected chi connectivity index (χ1v) is 32.5. The van der Waals surface area contributed by atoms with Gasteiger partial charge in [0.15, 0.2) is 8.32 Å². The molecule has 25 heteroatoms. The van der Waals surface area contributed by atoms with E-state index in [1.54, 1.807) is 114 Å². The van der Waals surface area contributed by atoms with Crippen molar-refractivity contribution >= 4 is 46.2 Å². The third kappa shape index (κ3) is 17.6. The average molecular weight is 1180 g/mol. The van der Waals surface area contributed by atoms with Crippen LogP contribution in [0.1, 0.15) is 85.4 Å². The van der Waals surface area contributed by atoms with Crippen LogP contribution in [0.25, 0.3) is 11.4 Å². The second kappa shape index (κ2) is 26.3. The number of nitrogens with zero attached hydrogens (tertiary/aromatic N) is 6. The van der Waals surface area contributed by atoms with E-state index < -0.39 is 86.2 Å². The monoisotopic (exact) mass is 1180 g/mol. The van der Waals surface area contributed by atoms with E-state index in [0.29, 0.717) is 34.8 Å². The fourth-order valence-corrected chi connectivity index (χ4v) is 13.4. The lowest BCUT2D eigenvalue weighted by atomic mass is 9.93. The number of benzene rings is 4. The predicted octanol–water partition coefficient (Wildman–Crippen LogP) is 7.71. The second-order valence-electron chi connectivity index (χ2n) is 23.4. The number of sulfonamides is 2. The number of rotatable bonds is 23. The van der Waals surface area contributed by atoms with Gasteiger partial charge in [0.1, 0.15) is 38.2 Å². The van der Waals surface area contributed by atoms with E-state index in [-0.39, 0.29) is 67.9 Å². The highest BCUT2D eigenvalue weighted by molar-refractivity contribution is 7.92. The molecule has 1 aliphatic rings. The van der Waals surface area contributed by atoms with E-state index in [1.807, 2.05) is 46.0 Å². The van der Waals surface area contributed by atoms with Gasteiger partial charge in [0.2, 0.25) is 25.9 Å². The average Bonchev–Trinajstić information content (AvgIpc) is 4.10. The van der Waals surface area contributed by atoms with Gasteiger partial charge in [0.25, 0.3) is 0 Å². The predicted molar refractivity (Wildman–Crippen MR) is 310 cm³/mol. The molecule has 4 N–H and O–H groups in total. The van der Waals surface area contributed by atoms with E-state index >= 15 is 16.8 Å². The number of anilines is 1.